The number of methoxy groups -OCH3 is 2. The van der Waals surface area contributed by atoms with E-state index in [1.54, 1.807) is 24.3 Å². The Morgan fingerprint density at radius 3 is 2.59 bits per heavy atom. The van der Waals surface area contributed by atoms with Crippen LogP contribution in [0.25, 0.3) is 22.2 Å². The van der Waals surface area contributed by atoms with Crippen molar-refractivity contribution in [2.75, 3.05) is 26.1 Å². The molecule has 2 heterocycles. The van der Waals surface area contributed by atoms with Gasteiger partial charge in [0.25, 0.3) is 12.0 Å². The summed E-state index contributed by atoms with van der Waals surface area (Å²) in [5.74, 6) is 1.10. The number of nitrogens with one attached hydrogen (secondary N) is 1. The number of pyridine rings is 1. The van der Waals surface area contributed by atoms with E-state index in [2.05, 4.69) is 15.3 Å². The number of ether oxygens (including phenoxy) is 2. The molecular weight excluding hydrogens is 358 g/mol. The highest BCUT2D eigenvalue weighted by Crippen LogP contribution is 2.33. The Balaban J connectivity index is 2.20. The molecule has 0 aliphatic rings. The highest BCUT2D eigenvalue weighted by Gasteiger charge is 2.15. The number of hydrogen-bond acceptors (Lipinski definition) is 6. The van der Waals surface area contributed by atoms with Crippen molar-refractivity contribution in [2.45, 2.75) is 6.43 Å². The molecule has 1 N–H and O–H groups in total. The molecule has 3 aromatic rings. The number of anilines is 1. The summed E-state index contributed by atoms with van der Waals surface area (Å²) in [6, 6.07) is 6.81. The topological polar surface area (TPSA) is 78.3 Å². The minimum Gasteiger partial charge on any atom is -0.493 e. The molecule has 0 aliphatic heterocycles. The maximum absolute atomic E-state index is 12.7. The van der Waals surface area contributed by atoms with E-state index in [4.69, 9.17) is 9.47 Å². The Bertz CT molecular complexity index is 1040. The summed E-state index contributed by atoms with van der Waals surface area (Å²) in [6.45, 7) is -0.629. The smallest absolute Gasteiger partial charge is 0.264 e. The number of hydrogen-bond donors (Lipinski definition) is 1. The van der Waals surface area contributed by atoms with Crippen LogP contribution in [0.5, 0.6) is 11.5 Å². The fraction of sp³-hybridized carbons (Fsp3) is 0.278. The molecule has 9 heteroatoms. The Kier molecular flexibility index (Phi) is 5.20. The predicted octanol–water partition coefficient (Wildman–Crippen LogP) is 2.69. The van der Waals surface area contributed by atoms with Crippen molar-refractivity contribution in [1.29, 1.82) is 0 Å². The summed E-state index contributed by atoms with van der Waals surface area (Å²) in [6.07, 6.45) is -1.22. The van der Waals surface area contributed by atoms with Gasteiger partial charge in [-0.1, -0.05) is 0 Å². The van der Waals surface area contributed by atoms with Crippen LogP contribution < -0.4 is 20.3 Å². The first-order chi connectivity index (χ1) is 12.9. The lowest BCUT2D eigenvalue weighted by Crippen LogP contribution is -2.20. The summed E-state index contributed by atoms with van der Waals surface area (Å²) in [5, 5.41) is 2.70. The first-order valence-corrected chi connectivity index (χ1v) is 8.05. The molecule has 0 saturated heterocycles. The molecule has 0 aliphatic carbocycles. The lowest BCUT2D eigenvalue weighted by Gasteiger charge is -2.13. The Morgan fingerprint density at radius 1 is 1.19 bits per heavy atom. The van der Waals surface area contributed by atoms with Crippen LogP contribution in [0.15, 0.2) is 35.4 Å². The van der Waals surface area contributed by atoms with Crippen molar-refractivity contribution in [3.8, 4) is 22.8 Å². The first-order valence-electron chi connectivity index (χ1n) is 8.05. The van der Waals surface area contributed by atoms with Gasteiger partial charge in [0.15, 0.2) is 11.5 Å². The van der Waals surface area contributed by atoms with Crippen LogP contribution >= 0.6 is 0 Å². The molecular formula is C18H18F2N4O3. The number of aromatic nitrogens is 3. The van der Waals surface area contributed by atoms with Crippen LogP contribution in [0.2, 0.25) is 0 Å². The number of rotatable bonds is 6. The summed E-state index contributed by atoms with van der Waals surface area (Å²) in [4.78, 5) is 21.1. The van der Waals surface area contributed by atoms with Gasteiger partial charge in [-0.2, -0.15) is 0 Å². The summed E-state index contributed by atoms with van der Waals surface area (Å²) < 4.78 is 37.2. The van der Waals surface area contributed by atoms with Crippen molar-refractivity contribution < 1.29 is 18.3 Å². The summed E-state index contributed by atoms with van der Waals surface area (Å²) >= 11 is 0. The molecule has 0 radical (unpaired) electrons. The standard InChI is InChI=1S/C18H18F2N4O3/c1-24-9-22-12-7-11(10-4-5-13(26-2)14(6-10)27-3)23-17(16(12)18(24)25)21-8-15(19)20/h4-7,9,15H,8H2,1-3H3,(H,21,23). The average Bonchev–Trinajstić information content (AvgIpc) is 2.68. The van der Waals surface area contributed by atoms with Gasteiger partial charge in [-0.05, 0) is 24.3 Å². The van der Waals surface area contributed by atoms with E-state index in [9.17, 15) is 13.6 Å². The molecule has 27 heavy (non-hydrogen) atoms. The van der Waals surface area contributed by atoms with Crippen LogP contribution in [0.1, 0.15) is 0 Å². The van der Waals surface area contributed by atoms with E-state index >= 15 is 0 Å². The van der Waals surface area contributed by atoms with Gasteiger partial charge >= 0.3 is 0 Å². The van der Waals surface area contributed by atoms with Crippen LogP contribution in [-0.4, -0.2) is 41.7 Å². The highest BCUT2D eigenvalue weighted by atomic mass is 19.3. The molecule has 7 nitrogen and oxygen atoms in total. The van der Waals surface area contributed by atoms with Crippen molar-refractivity contribution in [2.24, 2.45) is 7.05 Å². The zero-order valence-electron chi connectivity index (χ0n) is 15.0. The molecule has 142 valence electrons. The van der Waals surface area contributed by atoms with Gasteiger partial charge in [-0.25, -0.2) is 18.7 Å². The minimum atomic E-state index is -2.59. The van der Waals surface area contributed by atoms with Gasteiger partial charge in [-0.15, -0.1) is 0 Å². The molecule has 0 bridgehead atoms. The van der Waals surface area contributed by atoms with Gasteiger partial charge in [-0.3, -0.25) is 4.79 Å². The fourth-order valence-corrected chi connectivity index (χ4v) is 2.67. The number of halogens is 2. The van der Waals surface area contributed by atoms with Crippen LogP contribution in [0.3, 0.4) is 0 Å². The predicted molar refractivity (Wildman–Crippen MR) is 97.8 cm³/mol. The van der Waals surface area contributed by atoms with Crippen molar-refractivity contribution >= 4 is 16.7 Å². The second kappa shape index (κ2) is 7.56. The zero-order chi connectivity index (χ0) is 19.6. The lowest BCUT2D eigenvalue weighted by atomic mass is 10.1. The third-order valence-corrected chi connectivity index (χ3v) is 4.01. The quantitative estimate of drug-likeness (QED) is 0.713. The highest BCUT2D eigenvalue weighted by molar-refractivity contribution is 5.91. The Labute approximate surface area is 153 Å². The van der Waals surface area contributed by atoms with E-state index < -0.39 is 13.0 Å². The van der Waals surface area contributed by atoms with Gasteiger partial charge in [0.2, 0.25) is 0 Å². The number of benzene rings is 1. The lowest BCUT2D eigenvalue weighted by molar-refractivity contribution is 0.163. The molecule has 0 amide bonds. The number of alkyl halides is 2. The first kappa shape index (κ1) is 18.6. The second-order valence-corrected chi connectivity index (χ2v) is 5.75. The van der Waals surface area contributed by atoms with Gasteiger partial charge in [0, 0.05) is 12.6 Å². The molecule has 0 spiro atoms. The summed E-state index contributed by atoms with van der Waals surface area (Å²) in [7, 11) is 4.57. The van der Waals surface area contributed by atoms with Crippen LogP contribution in [0, 0.1) is 0 Å². The molecule has 0 fully saturated rings. The molecule has 0 saturated carbocycles. The number of aryl methyl sites for hydroxylation is 1. The van der Waals surface area contributed by atoms with Gasteiger partial charge in [0.05, 0.1) is 38.3 Å². The van der Waals surface area contributed by atoms with Crippen molar-refractivity contribution in [3.63, 3.8) is 0 Å². The molecule has 3 rings (SSSR count). The minimum absolute atomic E-state index is 0.0614. The maximum atomic E-state index is 12.7. The molecule has 2 aromatic heterocycles. The SMILES string of the molecule is COc1ccc(-c2cc3ncn(C)c(=O)c3c(NCC(F)F)n2)cc1OC. The van der Waals surface area contributed by atoms with E-state index in [-0.39, 0.29) is 16.8 Å². The Hall–Kier alpha value is -3.23. The summed E-state index contributed by atoms with van der Waals surface area (Å²) in [5.41, 5.74) is 1.11. The number of fused-ring (bicyclic) bond motifs is 1. The fourth-order valence-electron chi connectivity index (χ4n) is 2.67. The zero-order valence-corrected chi connectivity index (χ0v) is 15.0. The molecule has 0 unspecified atom stereocenters. The molecule has 1 aromatic carbocycles. The van der Waals surface area contributed by atoms with E-state index in [0.717, 1.165) is 0 Å². The second-order valence-electron chi connectivity index (χ2n) is 5.75. The van der Waals surface area contributed by atoms with E-state index in [1.807, 2.05) is 0 Å². The van der Waals surface area contributed by atoms with E-state index in [0.29, 0.717) is 28.3 Å². The van der Waals surface area contributed by atoms with Crippen molar-refractivity contribution in [3.05, 3.63) is 40.9 Å². The maximum Gasteiger partial charge on any atom is 0.264 e. The third kappa shape index (κ3) is 3.67. The van der Waals surface area contributed by atoms with E-state index in [1.165, 1.54) is 32.2 Å². The van der Waals surface area contributed by atoms with Crippen LogP contribution in [-0.2, 0) is 7.05 Å². The Morgan fingerprint density at radius 2 is 1.93 bits per heavy atom. The van der Waals surface area contributed by atoms with Crippen LogP contribution in [0.4, 0.5) is 14.6 Å². The van der Waals surface area contributed by atoms with Gasteiger partial charge in [0.1, 0.15) is 11.2 Å². The monoisotopic (exact) mass is 376 g/mol. The third-order valence-electron chi connectivity index (χ3n) is 4.01. The average molecular weight is 376 g/mol. The normalized spacial score (nSPS) is 11.0. The number of nitrogens with zero attached hydrogens (tertiary/aromatic N) is 3. The van der Waals surface area contributed by atoms with Gasteiger partial charge < -0.3 is 19.4 Å². The van der Waals surface area contributed by atoms with Crippen molar-refractivity contribution in [1.82, 2.24) is 14.5 Å². The largest absolute Gasteiger partial charge is 0.493 e. The molecule has 0 atom stereocenters.